The van der Waals surface area contributed by atoms with Crippen LogP contribution in [-0.4, -0.2) is 65.3 Å². The Balaban J connectivity index is 1.97. The van der Waals surface area contributed by atoms with Gasteiger partial charge in [0.05, 0.1) is 7.11 Å². The second-order valence-electron chi connectivity index (χ2n) is 4.44. The lowest BCUT2D eigenvalue weighted by Crippen LogP contribution is -2.52. The Morgan fingerprint density at radius 2 is 2.11 bits per heavy atom. The summed E-state index contributed by atoms with van der Waals surface area (Å²) in [5, 5.41) is 8.99. The van der Waals surface area contributed by atoms with Crippen LogP contribution in [0.1, 0.15) is 6.92 Å². The Labute approximate surface area is 111 Å². The van der Waals surface area contributed by atoms with E-state index in [1.54, 1.807) is 26.3 Å². The highest BCUT2D eigenvalue weighted by Crippen LogP contribution is 2.15. The standard InChI is InChI=1S/C12H18N4O3/c1-9(11(17)18)15-5-7-16(8-6-15)12-13-4-3-10(14-12)19-2/h3-4,9H,5-8H2,1-2H3,(H,17,18). The van der Waals surface area contributed by atoms with Gasteiger partial charge in [0.1, 0.15) is 6.04 Å². The molecule has 1 fully saturated rings. The summed E-state index contributed by atoms with van der Waals surface area (Å²) >= 11 is 0. The van der Waals surface area contributed by atoms with E-state index in [-0.39, 0.29) is 0 Å². The molecule has 1 unspecified atom stereocenters. The van der Waals surface area contributed by atoms with Crippen LogP contribution in [0.15, 0.2) is 12.3 Å². The molecule has 1 aromatic rings. The molecule has 1 saturated heterocycles. The highest BCUT2D eigenvalue weighted by molar-refractivity contribution is 5.72. The smallest absolute Gasteiger partial charge is 0.320 e. The fraction of sp³-hybridized carbons (Fsp3) is 0.583. The van der Waals surface area contributed by atoms with Gasteiger partial charge in [-0.05, 0) is 6.92 Å². The highest BCUT2D eigenvalue weighted by atomic mass is 16.5. The number of anilines is 1. The van der Waals surface area contributed by atoms with Crippen molar-refractivity contribution in [3.05, 3.63) is 12.3 Å². The number of hydrogen-bond donors (Lipinski definition) is 1. The number of carbonyl (C=O) groups is 1. The first-order valence-electron chi connectivity index (χ1n) is 6.20. The minimum atomic E-state index is -0.786. The lowest BCUT2D eigenvalue weighted by atomic mass is 10.2. The average molecular weight is 266 g/mol. The molecule has 1 aliphatic rings. The van der Waals surface area contributed by atoms with Crippen molar-refractivity contribution in [3.8, 4) is 5.88 Å². The Morgan fingerprint density at radius 1 is 1.42 bits per heavy atom. The number of rotatable bonds is 4. The van der Waals surface area contributed by atoms with Gasteiger partial charge in [-0.15, -0.1) is 0 Å². The van der Waals surface area contributed by atoms with E-state index < -0.39 is 12.0 Å². The summed E-state index contributed by atoms with van der Waals surface area (Å²) in [6.45, 7) is 4.51. The molecule has 0 amide bonds. The van der Waals surface area contributed by atoms with Gasteiger partial charge in [-0.25, -0.2) is 4.98 Å². The number of hydrogen-bond acceptors (Lipinski definition) is 6. The quantitative estimate of drug-likeness (QED) is 0.826. The first-order valence-corrected chi connectivity index (χ1v) is 6.20. The normalized spacial score (nSPS) is 18.1. The predicted molar refractivity (Wildman–Crippen MR) is 69.5 cm³/mol. The minimum Gasteiger partial charge on any atom is -0.481 e. The van der Waals surface area contributed by atoms with Gasteiger partial charge in [0.2, 0.25) is 11.8 Å². The van der Waals surface area contributed by atoms with Crippen LogP contribution in [0, 0.1) is 0 Å². The van der Waals surface area contributed by atoms with Crippen molar-refractivity contribution in [2.75, 3.05) is 38.2 Å². The van der Waals surface area contributed by atoms with Crippen molar-refractivity contribution in [1.29, 1.82) is 0 Å². The molecule has 7 heteroatoms. The van der Waals surface area contributed by atoms with Gasteiger partial charge in [-0.3, -0.25) is 9.69 Å². The van der Waals surface area contributed by atoms with Crippen LogP contribution in [0.2, 0.25) is 0 Å². The maximum absolute atomic E-state index is 10.9. The molecule has 2 heterocycles. The molecule has 0 bridgehead atoms. The topological polar surface area (TPSA) is 78.8 Å². The molecule has 0 aliphatic carbocycles. The lowest BCUT2D eigenvalue weighted by molar-refractivity contribution is -0.142. The Morgan fingerprint density at radius 3 is 2.68 bits per heavy atom. The fourth-order valence-corrected chi connectivity index (χ4v) is 2.06. The maximum Gasteiger partial charge on any atom is 0.320 e. The van der Waals surface area contributed by atoms with E-state index in [1.807, 2.05) is 9.80 Å². The number of ether oxygens (including phenoxy) is 1. The molecular formula is C12H18N4O3. The Kier molecular flexibility index (Phi) is 4.16. The van der Waals surface area contributed by atoms with Gasteiger partial charge >= 0.3 is 5.97 Å². The fourth-order valence-electron chi connectivity index (χ4n) is 2.06. The Hall–Kier alpha value is -1.89. The first-order chi connectivity index (χ1) is 9.11. The van der Waals surface area contributed by atoms with Crippen molar-refractivity contribution in [2.24, 2.45) is 0 Å². The number of aromatic nitrogens is 2. The zero-order chi connectivity index (χ0) is 13.8. The molecule has 0 radical (unpaired) electrons. The number of methoxy groups -OCH3 is 1. The molecule has 0 saturated carbocycles. The van der Waals surface area contributed by atoms with E-state index in [2.05, 4.69) is 9.97 Å². The molecule has 1 aliphatic heterocycles. The van der Waals surface area contributed by atoms with Crippen LogP contribution in [0.3, 0.4) is 0 Å². The van der Waals surface area contributed by atoms with E-state index in [4.69, 9.17) is 9.84 Å². The number of carboxylic acids is 1. The third kappa shape index (κ3) is 3.11. The molecule has 104 valence electrons. The summed E-state index contributed by atoms with van der Waals surface area (Å²) in [5.41, 5.74) is 0. The van der Waals surface area contributed by atoms with E-state index >= 15 is 0 Å². The second-order valence-corrected chi connectivity index (χ2v) is 4.44. The van der Waals surface area contributed by atoms with E-state index in [0.29, 0.717) is 38.0 Å². The predicted octanol–water partition coefficient (Wildman–Crippen LogP) is 0.0803. The molecular weight excluding hydrogens is 248 g/mol. The molecule has 1 aromatic heterocycles. The molecule has 7 nitrogen and oxygen atoms in total. The van der Waals surface area contributed by atoms with Crippen molar-refractivity contribution in [1.82, 2.24) is 14.9 Å². The second kappa shape index (κ2) is 5.83. The van der Waals surface area contributed by atoms with Gasteiger partial charge < -0.3 is 14.7 Å². The van der Waals surface area contributed by atoms with E-state index in [1.165, 1.54) is 0 Å². The van der Waals surface area contributed by atoms with Gasteiger partial charge in [-0.2, -0.15) is 4.98 Å². The largest absolute Gasteiger partial charge is 0.481 e. The van der Waals surface area contributed by atoms with Crippen LogP contribution < -0.4 is 9.64 Å². The van der Waals surface area contributed by atoms with E-state index in [9.17, 15) is 4.79 Å². The summed E-state index contributed by atoms with van der Waals surface area (Å²) in [4.78, 5) is 23.4. The number of nitrogens with zero attached hydrogens (tertiary/aromatic N) is 4. The lowest BCUT2D eigenvalue weighted by Gasteiger charge is -2.36. The van der Waals surface area contributed by atoms with Crippen molar-refractivity contribution >= 4 is 11.9 Å². The molecule has 0 aromatic carbocycles. The monoisotopic (exact) mass is 266 g/mol. The van der Waals surface area contributed by atoms with Crippen LogP contribution >= 0.6 is 0 Å². The first kappa shape index (κ1) is 13.5. The summed E-state index contributed by atoms with van der Waals surface area (Å²) in [6.07, 6.45) is 1.66. The van der Waals surface area contributed by atoms with Crippen LogP contribution in [0.5, 0.6) is 5.88 Å². The maximum atomic E-state index is 10.9. The van der Waals surface area contributed by atoms with Crippen LogP contribution in [-0.2, 0) is 4.79 Å². The van der Waals surface area contributed by atoms with E-state index in [0.717, 1.165) is 0 Å². The average Bonchev–Trinajstić information content (AvgIpc) is 2.46. The van der Waals surface area contributed by atoms with Gasteiger partial charge in [0.15, 0.2) is 0 Å². The zero-order valence-electron chi connectivity index (χ0n) is 11.1. The number of aliphatic carboxylic acids is 1. The minimum absolute atomic E-state index is 0.451. The third-order valence-electron chi connectivity index (χ3n) is 3.33. The molecule has 0 spiro atoms. The molecule has 1 N–H and O–H groups in total. The highest BCUT2D eigenvalue weighted by Gasteiger charge is 2.26. The van der Waals surface area contributed by atoms with Gasteiger partial charge in [-0.1, -0.05) is 0 Å². The SMILES string of the molecule is COc1ccnc(N2CCN(C(C)C(=O)O)CC2)n1. The number of piperazine rings is 1. The van der Waals surface area contributed by atoms with Crippen molar-refractivity contribution in [3.63, 3.8) is 0 Å². The van der Waals surface area contributed by atoms with Crippen molar-refractivity contribution < 1.29 is 14.6 Å². The molecule has 2 rings (SSSR count). The number of carboxylic acid groups (broad SMARTS) is 1. The van der Waals surface area contributed by atoms with Gasteiger partial charge in [0, 0.05) is 38.4 Å². The van der Waals surface area contributed by atoms with Gasteiger partial charge in [0.25, 0.3) is 0 Å². The Bertz CT molecular complexity index is 446. The summed E-state index contributed by atoms with van der Waals surface area (Å²) in [7, 11) is 1.57. The summed E-state index contributed by atoms with van der Waals surface area (Å²) in [5.74, 6) is 0.374. The zero-order valence-corrected chi connectivity index (χ0v) is 11.1. The van der Waals surface area contributed by atoms with Crippen LogP contribution in [0.4, 0.5) is 5.95 Å². The summed E-state index contributed by atoms with van der Waals surface area (Å²) in [6, 6.07) is 1.25. The molecule has 19 heavy (non-hydrogen) atoms. The van der Waals surface area contributed by atoms with Crippen molar-refractivity contribution in [2.45, 2.75) is 13.0 Å². The third-order valence-corrected chi connectivity index (χ3v) is 3.33. The molecule has 1 atom stereocenters. The summed E-state index contributed by atoms with van der Waals surface area (Å²) < 4.78 is 5.07. The van der Waals surface area contributed by atoms with Crippen LogP contribution in [0.25, 0.3) is 0 Å².